The van der Waals surface area contributed by atoms with Crippen molar-refractivity contribution >= 4 is 17.4 Å². The van der Waals surface area contributed by atoms with Crippen LogP contribution < -0.4 is 5.56 Å². The molecule has 0 unspecified atom stereocenters. The molecular formula is C9H11ClN4O. The zero-order chi connectivity index (χ0) is 11.2. The maximum absolute atomic E-state index is 12.0. The first-order valence-electron chi connectivity index (χ1n) is 4.53. The minimum absolute atomic E-state index is 0.223. The molecule has 0 aliphatic heterocycles. The second-order valence-electron chi connectivity index (χ2n) is 4.36. The molecule has 0 aromatic carbocycles. The first kappa shape index (κ1) is 10.2. The Hall–Kier alpha value is -1.36. The highest BCUT2D eigenvalue weighted by Crippen LogP contribution is 2.24. The van der Waals surface area contributed by atoms with Crippen molar-refractivity contribution in [3.8, 4) is 0 Å². The van der Waals surface area contributed by atoms with Gasteiger partial charge in [0.1, 0.15) is 11.5 Å². The second kappa shape index (κ2) is 3.06. The third-order valence-corrected chi connectivity index (χ3v) is 2.43. The molecule has 0 saturated carbocycles. The topological polar surface area (TPSA) is 63.1 Å². The SMILES string of the molecule is CC(C)(C)c1c(Cl)[nH]c2ncnn2c1=O. The average molecular weight is 227 g/mol. The number of hydrogen-bond acceptors (Lipinski definition) is 3. The zero-order valence-corrected chi connectivity index (χ0v) is 9.46. The van der Waals surface area contributed by atoms with Crippen LogP contribution in [0, 0.1) is 0 Å². The third-order valence-electron chi connectivity index (χ3n) is 2.15. The van der Waals surface area contributed by atoms with Gasteiger partial charge in [0.05, 0.1) is 5.56 Å². The number of H-pyrrole nitrogens is 1. The highest BCUT2D eigenvalue weighted by atomic mass is 35.5. The Morgan fingerprint density at radius 1 is 1.47 bits per heavy atom. The van der Waals surface area contributed by atoms with Gasteiger partial charge >= 0.3 is 0 Å². The standard InChI is InChI=1S/C9H11ClN4O/c1-9(2,3)5-6(10)13-8-11-4-12-14(8)7(5)15/h4H,1-3H3,(H,11,12,13). The number of halogens is 1. The van der Waals surface area contributed by atoms with Crippen molar-refractivity contribution in [1.82, 2.24) is 19.6 Å². The maximum atomic E-state index is 12.0. The number of hydrogen-bond donors (Lipinski definition) is 1. The van der Waals surface area contributed by atoms with Gasteiger partial charge in [-0.05, 0) is 5.41 Å². The van der Waals surface area contributed by atoms with Crippen LogP contribution in [0.1, 0.15) is 26.3 Å². The number of nitrogens with one attached hydrogen (secondary N) is 1. The van der Waals surface area contributed by atoms with Gasteiger partial charge in [-0.15, -0.1) is 0 Å². The highest BCUT2D eigenvalue weighted by Gasteiger charge is 2.23. The summed E-state index contributed by atoms with van der Waals surface area (Å²) in [5.41, 5.74) is -0.0360. The van der Waals surface area contributed by atoms with E-state index in [-0.39, 0.29) is 11.0 Å². The fraction of sp³-hybridized carbons (Fsp3) is 0.444. The number of aromatic nitrogens is 4. The van der Waals surface area contributed by atoms with Crippen LogP contribution in [0.25, 0.3) is 5.78 Å². The van der Waals surface area contributed by atoms with Gasteiger partial charge in [0, 0.05) is 0 Å². The van der Waals surface area contributed by atoms with E-state index in [0.717, 1.165) is 0 Å². The molecular weight excluding hydrogens is 216 g/mol. The van der Waals surface area contributed by atoms with Gasteiger partial charge in [0.25, 0.3) is 5.56 Å². The lowest BCUT2D eigenvalue weighted by Gasteiger charge is -2.18. The monoisotopic (exact) mass is 226 g/mol. The fourth-order valence-corrected chi connectivity index (χ4v) is 1.93. The van der Waals surface area contributed by atoms with Crippen molar-refractivity contribution in [1.29, 1.82) is 0 Å². The predicted molar refractivity (Wildman–Crippen MR) is 57.3 cm³/mol. The predicted octanol–water partition coefficient (Wildman–Crippen LogP) is 1.37. The van der Waals surface area contributed by atoms with Gasteiger partial charge in [-0.25, -0.2) is 0 Å². The molecule has 0 radical (unpaired) electrons. The largest absolute Gasteiger partial charge is 0.314 e. The number of rotatable bonds is 0. The minimum atomic E-state index is -0.329. The number of fused-ring (bicyclic) bond motifs is 1. The summed E-state index contributed by atoms with van der Waals surface area (Å²) < 4.78 is 1.21. The molecule has 0 bridgehead atoms. The third kappa shape index (κ3) is 1.52. The summed E-state index contributed by atoms with van der Waals surface area (Å²) in [4.78, 5) is 18.7. The first-order chi connectivity index (χ1) is 6.91. The van der Waals surface area contributed by atoms with Crippen molar-refractivity contribution in [2.24, 2.45) is 0 Å². The molecule has 80 valence electrons. The van der Waals surface area contributed by atoms with Crippen LogP contribution in [0.2, 0.25) is 5.15 Å². The van der Waals surface area contributed by atoms with Gasteiger partial charge in [0.15, 0.2) is 0 Å². The van der Waals surface area contributed by atoms with Crippen LogP contribution in [0.3, 0.4) is 0 Å². The van der Waals surface area contributed by atoms with Gasteiger partial charge in [-0.1, -0.05) is 32.4 Å². The normalized spacial score (nSPS) is 12.3. The maximum Gasteiger partial charge on any atom is 0.280 e. The van der Waals surface area contributed by atoms with Crippen molar-refractivity contribution in [2.75, 3.05) is 0 Å². The lowest BCUT2D eigenvalue weighted by atomic mass is 9.89. The summed E-state index contributed by atoms with van der Waals surface area (Å²) in [5.74, 6) is 0.359. The van der Waals surface area contributed by atoms with E-state index < -0.39 is 0 Å². The molecule has 0 spiro atoms. The van der Waals surface area contributed by atoms with E-state index in [4.69, 9.17) is 11.6 Å². The molecule has 0 amide bonds. The Kier molecular flexibility index (Phi) is 2.08. The second-order valence-corrected chi connectivity index (χ2v) is 4.74. The number of nitrogens with zero attached hydrogens (tertiary/aromatic N) is 3. The molecule has 0 atom stereocenters. The molecule has 2 aromatic rings. The van der Waals surface area contributed by atoms with E-state index >= 15 is 0 Å². The summed E-state index contributed by atoms with van der Waals surface area (Å²) in [6, 6.07) is 0. The van der Waals surface area contributed by atoms with Gasteiger partial charge in [-0.2, -0.15) is 14.6 Å². The highest BCUT2D eigenvalue weighted by molar-refractivity contribution is 6.30. The summed E-state index contributed by atoms with van der Waals surface area (Å²) in [7, 11) is 0. The van der Waals surface area contributed by atoms with Crippen molar-refractivity contribution < 1.29 is 0 Å². The zero-order valence-electron chi connectivity index (χ0n) is 8.71. The molecule has 2 rings (SSSR count). The Morgan fingerprint density at radius 2 is 2.13 bits per heavy atom. The average Bonchev–Trinajstić information content (AvgIpc) is 2.48. The molecule has 6 heteroatoms. The van der Waals surface area contributed by atoms with E-state index in [1.807, 2.05) is 20.8 Å². The van der Waals surface area contributed by atoms with Crippen LogP contribution in [-0.4, -0.2) is 19.6 Å². The Balaban J connectivity index is 2.91. The van der Waals surface area contributed by atoms with Crippen molar-refractivity contribution in [2.45, 2.75) is 26.2 Å². The fourth-order valence-electron chi connectivity index (χ4n) is 1.49. The first-order valence-corrected chi connectivity index (χ1v) is 4.91. The smallest absolute Gasteiger partial charge is 0.280 e. The lowest BCUT2D eigenvalue weighted by Crippen LogP contribution is -2.29. The van der Waals surface area contributed by atoms with E-state index in [2.05, 4.69) is 15.1 Å². The molecule has 5 nitrogen and oxygen atoms in total. The van der Waals surface area contributed by atoms with E-state index in [0.29, 0.717) is 16.5 Å². The minimum Gasteiger partial charge on any atom is -0.314 e. The Bertz CT molecular complexity index is 563. The van der Waals surface area contributed by atoms with E-state index in [9.17, 15) is 4.79 Å². The molecule has 15 heavy (non-hydrogen) atoms. The summed E-state index contributed by atoms with van der Waals surface area (Å²) in [5, 5.41) is 4.16. The van der Waals surface area contributed by atoms with Gasteiger partial charge in [0.2, 0.25) is 5.78 Å². The van der Waals surface area contributed by atoms with E-state index in [1.165, 1.54) is 10.8 Å². The van der Waals surface area contributed by atoms with Crippen molar-refractivity contribution in [3.63, 3.8) is 0 Å². The summed E-state index contributed by atoms with van der Waals surface area (Å²) >= 11 is 6.01. The number of aromatic amines is 1. The summed E-state index contributed by atoms with van der Waals surface area (Å²) in [6.45, 7) is 5.77. The Morgan fingerprint density at radius 3 is 2.73 bits per heavy atom. The summed E-state index contributed by atoms with van der Waals surface area (Å²) in [6.07, 6.45) is 1.32. The Labute approximate surface area is 91.1 Å². The van der Waals surface area contributed by atoms with E-state index in [1.54, 1.807) is 0 Å². The van der Waals surface area contributed by atoms with Crippen molar-refractivity contribution in [3.05, 3.63) is 27.4 Å². The molecule has 2 aromatic heterocycles. The van der Waals surface area contributed by atoms with Gasteiger partial charge < -0.3 is 4.98 Å². The van der Waals surface area contributed by atoms with Gasteiger partial charge in [-0.3, -0.25) is 4.79 Å². The molecule has 2 heterocycles. The van der Waals surface area contributed by atoms with Crippen LogP contribution in [0.15, 0.2) is 11.1 Å². The molecule has 0 fully saturated rings. The molecule has 0 aliphatic carbocycles. The lowest BCUT2D eigenvalue weighted by molar-refractivity contribution is 0.573. The molecule has 0 aliphatic rings. The van der Waals surface area contributed by atoms with Crippen LogP contribution in [-0.2, 0) is 5.41 Å². The van der Waals surface area contributed by atoms with Crippen LogP contribution >= 0.6 is 11.6 Å². The quantitative estimate of drug-likeness (QED) is 0.690. The molecule has 1 N–H and O–H groups in total. The molecule has 0 saturated heterocycles. The van der Waals surface area contributed by atoms with Crippen LogP contribution in [0.5, 0.6) is 0 Å². The van der Waals surface area contributed by atoms with Crippen LogP contribution in [0.4, 0.5) is 0 Å².